The van der Waals surface area contributed by atoms with Gasteiger partial charge in [0.2, 0.25) is 0 Å². The van der Waals surface area contributed by atoms with Crippen molar-refractivity contribution < 1.29 is 13.7 Å². The molecule has 0 atom stereocenters. The van der Waals surface area contributed by atoms with Gasteiger partial charge in [0.15, 0.2) is 0 Å². The number of nitrogen functional groups attached to an aromatic ring is 1. The third kappa shape index (κ3) is 1.91. The molecule has 0 spiro atoms. The van der Waals surface area contributed by atoms with Crippen molar-refractivity contribution in [3.63, 3.8) is 0 Å². The largest absolute Gasteiger partial charge is 0.498 e. The van der Waals surface area contributed by atoms with Crippen molar-refractivity contribution in [2.75, 3.05) is 5.73 Å². The minimum Gasteiger partial charge on any atom is -0.399 e. The standard InChI is InChI=1S/C13H19BFNO2/c1-8-10(16)7-6-9(15)11(8)14-17-12(2,3)13(4,5)18-14/h6-7H,16H2,1-5H3. The van der Waals surface area contributed by atoms with Crippen LogP contribution in [0.4, 0.5) is 10.1 Å². The fourth-order valence-corrected chi connectivity index (χ4v) is 1.96. The second-order valence-electron chi connectivity index (χ2n) is 5.76. The maximum atomic E-state index is 14.0. The van der Waals surface area contributed by atoms with E-state index in [-0.39, 0.29) is 5.82 Å². The van der Waals surface area contributed by atoms with Gasteiger partial charge >= 0.3 is 7.12 Å². The van der Waals surface area contributed by atoms with Crippen LogP contribution in [0.25, 0.3) is 0 Å². The van der Waals surface area contributed by atoms with Gasteiger partial charge in [-0.2, -0.15) is 0 Å². The highest BCUT2D eigenvalue weighted by Crippen LogP contribution is 2.37. The fourth-order valence-electron chi connectivity index (χ4n) is 1.96. The molecule has 1 aliphatic rings. The summed E-state index contributed by atoms with van der Waals surface area (Å²) >= 11 is 0. The summed E-state index contributed by atoms with van der Waals surface area (Å²) in [7, 11) is -0.710. The van der Waals surface area contributed by atoms with Gasteiger partial charge in [-0.15, -0.1) is 0 Å². The van der Waals surface area contributed by atoms with Gasteiger partial charge in [-0.25, -0.2) is 4.39 Å². The van der Waals surface area contributed by atoms with Crippen LogP contribution in [0.15, 0.2) is 12.1 Å². The zero-order valence-electron chi connectivity index (χ0n) is 11.5. The lowest BCUT2D eigenvalue weighted by Crippen LogP contribution is -2.41. The van der Waals surface area contributed by atoms with Gasteiger partial charge < -0.3 is 15.0 Å². The van der Waals surface area contributed by atoms with Gasteiger partial charge in [0.25, 0.3) is 0 Å². The summed E-state index contributed by atoms with van der Waals surface area (Å²) in [5.41, 5.74) is 6.46. The first-order valence-corrected chi connectivity index (χ1v) is 6.06. The summed E-state index contributed by atoms with van der Waals surface area (Å²) < 4.78 is 25.7. The lowest BCUT2D eigenvalue weighted by molar-refractivity contribution is 0.00578. The molecular formula is C13H19BFNO2. The molecule has 5 heteroatoms. The molecule has 0 amide bonds. The molecule has 0 unspecified atom stereocenters. The molecule has 1 fully saturated rings. The van der Waals surface area contributed by atoms with Crippen molar-refractivity contribution in [1.29, 1.82) is 0 Å². The van der Waals surface area contributed by atoms with E-state index in [1.165, 1.54) is 6.07 Å². The first-order valence-electron chi connectivity index (χ1n) is 6.06. The topological polar surface area (TPSA) is 44.5 Å². The van der Waals surface area contributed by atoms with Crippen LogP contribution in [0.1, 0.15) is 33.3 Å². The lowest BCUT2D eigenvalue weighted by Gasteiger charge is -2.32. The van der Waals surface area contributed by atoms with Crippen LogP contribution in [-0.2, 0) is 9.31 Å². The highest BCUT2D eigenvalue weighted by Gasteiger charge is 2.52. The third-order valence-corrected chi connectivity index (χ3v) is 3.99. The molecule has 2 N–H and O–H groups in total. The molecule has 1 aromatic rings. The zero-order valence-corrected chi connectivity index (χ0v) is 11.5. The van der Waals surface area contributed by atoms with Gasteiger partial charge in [-0.3, -0.25) is 0 Å². The molecule has 1 heterocycles. The van der Waals surface area contributed by atoms with Gasteiger partial charge in [-0.05, 0) is 52.3 Å². The molecule has 0 aliphatic carbocycles. The van der Waals surface area contributed by atoms with E-state index in [1.807, 2.05) is 27.7 Å². The highest BCUT2D eigenvalue weighted by atomic mass is 19.1. The molecule has 0 saturated carbocycles. The number of halogens is 1. The van der Waals surface area contributed by atoms with Crippen LogP contribution >= 0.6 is 0 Å². The number of anilines is 1. The molecule has 1 aromatic carbocycles. The fraction of sp³-hybridized carbons (Fsp3) is 0.538. The van der Waals surface area contributed by atoms with E-state index < -0.39 is 18.3 Å². The Balaban J connectivity index is 2.44. The Labute approximate surface area is 108 Å². The van der Waals surface area contributed by atoms with Crippen LogP contribution in [0.5, 0.6) is 0 Å². The van der Waals surface area contributed by atoms with Crippen molar-refractivity contribution in [2.24, 2.45) is 0 Å². The Morgan fingerprint density at radius 2 is 1.61 bits per heavy atom. The molecule has 18 heavy (non-hydrogen) atoms. The summed E-state index contributed by atoms with van der Waals surface area (Å²) in [5, 5.41) is 0. The highest BCUT2D eigenvalue weighted by molar-refractivity contribution is 6.62. The summed E-state index contributed by atoms with van der Waals surface area (Å²) in [6, 6.07) is 2.90. The van der Waals surface area contributed by atoms with E-state index >= 15 is 0 Å². The number of rotatable bonds is 1. The summed E-state index contributed by atoms with van der Waals surface area (Å²) in [4.78, 5) is 0. The maximum absolute atomic E-state index is 14.0. The van der Waals surface area contributed by atoms with Crippen LogP contribution in [0.3, 0.4) is 0 Å². The van der Waals surface area contributed by atoms with E-state index in [0.29, 0.717) is 16.7 Å². The summed E-state index contributed by atoms with van der Waals surface area (Å²) in [6.07, 6.45) is 0. The second kappa shape index (κ2) is 3.97. The molecule has 0 bridgehead atoms. The van der Waals surface area contributed by atoms with Crippen molar-refractivity contribution in [3.8, 4) is 0 Å². The van der Waals surface area contributed by atoms with Crippen LogP contribution in [-0.4, -0.2) is 18.3 Å². The third-order valence-electron chi connectivity index (χ3n) is 3.99. The van der Waals surface area contributed by atoms with Crippen LogP contribution in [0.2, 0.25) is 0 Å². The molecule has 98 valence electrons. The number of hydrogen-bond donors (Lipinski definition) is 1. The summed E-state index contributed by atoms with van der Waals surface area (Å²) in [5.74, 6) is -0.347. The molecular weight excluding hydrogens is 232 g/mol. The predicted molar refractivity (Wildman–Crippen MR) is 71.3 cm³/mol. The first-order chi connectivity index (χ1) is 8.16. The van der Waals surface area contributed by atoms with Crippen molar-refractivity contribution >= 4 is 18.3 Å². The van der Waals surface area contributed by atoms with Crippen molar-refractivity contribution in [2.45, 2.75) is 45.8 Å². The van der Waals surface area contributed by atoms with Gasteiger partial charge in [0.1, 0.15) is 5.82 Å². The Morgan fingerprint density at radius 3 is 2.11 bits per heavy atom. The molecule has 0 radical (unpaired) electrons. The molecule has 2 rings (SSSR count). The van der Waals surface area contributed by atoms with E-state index in [1.54, 1.807) is 13.0 Å². The van der Waals surface area contributed by atoms with Gasteiger partial charge in [0.05, 0.1) is 11.2 Å². The average Bonchev–Trinajstić information content (AvgIpc) is 2.43. The zero-order chi connectivity index (χ0) is 13.7. The van der Waals surface area contributed by atoms with E-state index in [9.17, 15) is 4.39 Å². The van der Waals surface area contributed by atoms with Crippen molar-refractivity contribution in [1.82, 2.24) is 0 Å². The smallest absolute Gasteiger partial charge is 0.399 e. The Morgan fingerprint density at radius 1 is 1.11 bits per heavy atom. The number of benzene rings is 1. The monoisotopic (exact) mass is 251 g/mol. The van der Waals surface area contributed by atoms with Crippen molar-refractivity contribution in [3.05, 3.63) is 23.5 Å². The van der Waals surface area contributed by atoms with Crippen LogP contribution in [0, 0.1) is 12.7 Å². The average molecular weight is 251 g/mol. The lowest BCUT2D eigenvalue weighted by atomic mass is 9.75. The molecule has 1 saturated heterocycles. The van der Waals surface area contributed by atoms with E-state index in [2.05, 4.69) is 0 Å². The quantitative estimate of drug-likeness (QED) is 0.613. The van der Waals surface area contributed by atoms with E-state index in [0.717, 1.165) is 0 Å². The first kappa shape index (κ1) is 13.4. The van der Waals surface area contributed by atoms with Crippen LogP contribution < -0.4 is 11.2 Å². The Hall–Kier alpha value is -1.07. The molecule has 0 aromatic heterocycles. The predicted octanol–water partition coefficient (Wildman–Crippen LogP) is 2.02. The minimum absolute atomic E-state index is 0.347. The van der Waals surface area contributed by atoms with E-state index in [4.69, 9.17) is 15.0 Å². The number of hydrogen-bond acceptors (Lipinski definition) is 3. The molecule has 3 nitrogen and oxygen atoms in total. The Bertz CT molecular complexity index is 472. The SMILES string of the molecule is Cc1c(N)ccc(F)c1B1OC(C)(C)C(C)(C)O1. The van der Waals surface area contributed by atoms with Gasteiger partial charge in [-0.1, -0.05) is 0 Å². The Kier molecular flexibility index (Phi) is 2.95. The summed E-state index contributed by atoms with van der Waals surface area (Å²) in [6.45, 7) is 9.52. The number of nitrogens with two attached hydrogens (primary N) is 1. The maximum Gasteiger partial charge on any atom is 0.498 e. The second-order valence-corrected chi connectivity index (χ2v) is 5.76. The minimum atomic E-state index is -0.710. The molecule has 1 aliphatic heterocycles. The normalized spacial score (nSPS) is 21.3. The van der Waals surface area contributed by atoms with Gasteiger partial charge in [0, 0.05) is 11.2 Å².